The topological polar surface area (TPSA) is 54.4 Å². The third-order valence-corrected chi connectivity index (χ3v) is 5.00. The molecule has 0 bridgehead atoms. The molecule has 4 aromatic rings. The second-order valence-electron chi connectivity index (χ2n) is 6.80. The van der Waals surface area contributed by atoms with E-state index in [0.29, 0.717) is 0 Å². The van der Waals surface area contributed by atoms with E-state index in [1.165, 1.54) is 11.1 Å². The lowest BCUT2D eigenvalue weighted by atomic mass is 10.0. The number of rotatable bonds is 4. The van der Waals surface area contributed by atoms with Crippen molar-refractivity contribution in [3.05, 3.63) is 71.3 Å². The summed E-state index contributed by atoms with van der Waals surface area (Å²) in [4.78, 5) is 4.86. The minimum absolute atomic E-state index is 0.0413. The molecule has 4 heteroatoms. The highest BCUT2D eigenvalue weighted by molar-refractivity contribution is 6.09. The van der Waals surface area contributed by atoms with Gasteiger partial charge in [0.15, 0.2) is 0 Å². The highest BCUT2D eigenvalue weighted by atomic mass is 16.5. The van der Waals surface area contributed by atoms with Crippen molar-refractivity contribution >= 4 is 33.2 Å². The van der Waals surface area contributed by atoms with Gasteiger partial charge in [-0.05, 0) is 66.9 Å². The number of pyridine rings is 1. The highest BCUT2D eigenvalue weighted by Crippen LogP contribution is 2.35. The molecule has 0 radical (unpaired) electrons. The van der Waals surface area contributed by atoms with Gasteiger partial charge < -0.3 is 15.2 Å². The Bertz CT molecular complexity index is 1130. The first-order valence-electron chi connectivity index (χ1n) is 8.94. The van der Waals surface area contributed by atoms with Crippen molar-refractivity contribution in [1.29, 1.82) is 0 Å². The average Bonchev–Trinajstić information content (AvgIpc) is 2.69. The van der Waals surface area contributed by atoms with Gasteiger partial charge in [0.2, 0.25) is 0 Å². The number of fused-ring (bicyclic) bond motifs is 2. The van der Waals surface area contributed by atoms with Crippen LogP contribution in [0.1, 0.15) is 16.7 Å². The number of methoxy groups -OCH3 is 1. The molecule has 0 atom stereocenters. The molecule has 0 saturated carbocycles. The van der Waals surface area contributed by atoms with Crippen LogP contribution in [0.4, 0.5) is 11.4 Å². The normalized spacial score (nSPS) is 11.1. The lowest BCUT2D eigenvalue weighted by molar-refractivity contribution is 0.282. The minimum atomic E-state index is 0.0413. The molecule has 136 valence electrons. The van der Waals surface area contributed by atoms with E-state index in [4.69, 9.17) is 9.72 Å². The van der Waals surface area contributed by atoms with Crippen LogP contribution in [-0.2, 0) is 6.61 Å². The number of ether oxygens (including phenoxy) is 1. The number of aliphatic hydroxyl groups is 1. The predicted molar refractivity (Wildman–Crippen MR) is 111 cm³/mol. The Labute approximate surface area is 158 Å². The molecule has 0 aliphatic rings. The van der Waals surface area contributed by atoms with Crippen molar-refractivity contribution < 1.29 is 9.84 Å². The van der Waals surface area contributed by atoms with Gasteiger partial charge in [-0.2, -0.15) is 0 Å². The van der Waals surface area contributed by atoms with Crippen LogP contribution in [0, 0.1) is 13.8 Å². The molecule has 0 saturated heterocycles. The minimum Gasteiger partial charge on any atom is -0.497 e. The number of hydrogen-bond donors (Lipinski definition) is 2. The van der Waals surface area contributed by atoms with E-state index < -0.39 is 0 Å². The van der Waals surface area contributed by atoms with Crippen LogP contribution in [0.5, 0.6) is 5.75 Å². The number of aryl methyl sites for hydroxylation is 2. The fourth-order valence-electron chi connectivity index (χ4n) is 3.28. The van der Waals surface area contributed by atoms with Gasteiger partial charge in [0.25, 0.3) is 0 Å². The molecule has 4 rings (SSSR count). The molecular formula is C23H22N2O2. The fourth-order valence-corrected chi connectivity index (χ4v) is 3.28. The number of anilines is 2. The maximum Gasteiger partial charge on any atom is 0.121 e. The SMILES string of the molecule is COc1ccc2c(Nc3ccc(CO)cc3)c3cc(C)c(C)cc3nc2c1. The van der Waals surface area contributed by atoms with E-state index in [9.17, 15) is 5.11 Å². The zero-order valence-electron chi connectivity index (χ0n) is 15.7. The van der Waals surface area contributed by atoms with E-state index in [1.54, 1.807) is 7.11 Å². The highest BCUT2D eigenvalue weighted by Gasteiger charge is 2.12. The number of hydrogen-bond acceptors (Lipinski definition) is 4. The van der Waals surface area contributed by atoms with Crippen LogP contribution in [-0.4, -0.2) is 17.2 Å². The maximum atomic E-state index is 9.27. The van der Waals surface area contributed by atoms with Crippen molar-refractivity contribution in [1.82, 2.24) is 4.98 Å². The molecule has 3 aromatic carbocycles. The molecule has 0 aliphatic heterocycles. The fraction of sp³-hybridized carbons (Fsp3) is 0.174. The Hall–Kier alpha value is -3.11. The standard InChI is InChI=1S/C23H22N2O2/c1-14-10-20-21(11-15(14)2)25-22-12-18(27-3)8-9-19(22)23(20)24-17-6-4-16(13-26)5-7-17/h4-12,26H,13H2,1-3H3,(H,24,25). The van der Waals surface area contributed by atoms with Gasteiger partial charge in [0, 0.05) is 22.5 Å². The summed E-state index contributed by atoms with van der Waals surface area (Å²) >= 11 is 0. The summed E-state index contributed by atoms with van der Waals surface area (Å²) in [5.74, 6) is 0.788. The van der Waals surface area contributed by atoms with E-state index in [1.807, 2.05) is 42.5 Å². The van der Waals surface area contributed by atoms with Crippen LogP contribution in [0.2, 0.25) is 0 Å². The van der Waals surface area contributed by atoms with Crippen molar-refractivity contribution in [3.8, 4) is 5.75 Å². The quantitative estimate of drug-likeness (QED) is 0.489. The molecular weight excluding hydrogens is 336 g/mol. The van der Waals surface area contributed by atoms with E-state index in [0.717, 1.165) is 44.5 Å². The first-order valence-corrected chi connectivity index (χ1v) is 8.94. The van der Waals surface area contributed by atoms with Crippen LogP contribution < -0.4 is 10.1 Å². The number of benzene rings is 3. The molecule has 2 N–H and O–H groups in total. The van der Waals surface area contributed by atoms with Gasteiger partial charge in [-0.25, -0.2) is 4.98 Å². The Kier molecular flexibility index (Phi) is 4.42. The zero-order valence-corrected chi connectivity index (χ0v) is 15.7. The van der Waals surface area contributed by atoms with Gasteiger partial charge in [0.05, 0.1) is 30.4 Å². The summed E-state index contributed by atoms with van der Waals surface area (Å²) in [5.41, 5.74) is 7.17. The van der Waals surface area contributed by atoms with Crippen LogP contribution in [0.3, 0.4) is 0 Å². The second kappa shape index (κ2) is 6.89. The van der Waals surface area contributed by atoms with Gasteiger partial charge in [0.1, 0.15) is 5.75 Å². The van der Waals surface area contributed by atoms with E-state index in [2.05, 4.69) is 31.3 Å². The van der Waals surface area contributed by atoms with Crippen molar-refractivity contribution in [2.75, 3.05) is 12.4 Å². The lowest BCUT2D eigenvalue weighted by Crippen LogP contribution is -1.97. The largest absolute Gasteiger partial charge is 0.497 e. The molecule has 0 spiro atoms. The Morgan fingerprint density at radius 1 is 0.889 bits per heavy atom. The summed E-state index contributed by atoms with van der Waals surface area (Å²) in [6.45, 7) is 4.26. The number of nitrogens with one attached hydrogen (secondary N) is 1. The van der Waals surface area contributed by atoms with E-state index in [-0.39, 0.29) is 6.61 Å². The Morgan fingerprint density at radius 2 is 1.59 bits per heavy atom. The van der Waals surface area contributed by atoms with Gasteiger partial charge in [-0.15, -0.1) is 0 Å². The Balaban J connectivity index is 1.96. The predicted octanol–water partition coefficient (Wildman–Crippen LogP) is 5.25. The van der Waals surface area contributed by atoms with Crippen molar-refractivity contribution in [3.63, 3.8) is 0 Å². The molecule has 0 unspecified atom stereocenters. The third kappa shape index (κ3) is 3.20. The van der Waals surface area contributed by atoms with Crippen molar-refractivity contribution in [2.45, 2.75) is 20.5 Å². The molecule has 27 heavy (non-hydrogen) atoms. The van der Waals surface area contributed by atoms with Gasteiger partial charge >= 0.3 is 0 Å². The summed E-state index contributed by atoms with van der Waals surface area (Å²) < 4.78 is 5.38. The van der Waals surface area contributed by atoms with Crippen LogP contribution in [0.15, 0.2) is 54.6 Å². The molecule has 1 aromatic heterocycles. The first-order chi connectivity index (χ1) is 13.1. The summed E-state index contributed by atoms with van der Waals surface area (Å²) in [6.07, 6.45) is 0. The summed E-state index contributed by atoms with van der Waals surface area (Å²) in [6, 6.07) is 18.1. The second-order valence-corrected chi connectivity index (χ2v) is 6.80. The van der Waals surface area contributed by atoms with Gasteiger partial charge in [-0.1, -0.05) is 12.1 Å². The smallest absolute Gasteiger partial charge is 0.121 e. The van der Waals surface area contributed by atoms with E-state index >= 15 is 0 Å². The Morgan fingerprint density at radius 3 is 2.30 bits per heavy atom. The number of aromatic nitrogens is 1. The van der Waals surface area contributed by atoms with Crippen molar-refractivity contribution in [2.24, 2.45) is 0 Å². The first kappa shape index (κ1) is 17.3. The summed E-state index contributed by atoms with van der Waals surface area (Å²) in [7, 11) is 1.66. The molecule has 4 nitrogen and oxygen atoms in total. The monoisotopic (exact) mass is 358 g/mol. The molecule has 0 aliphatic carbocycles. The molecule has 0 amide bonds. The molecule has 1 heterocycles. The number of aliphatic hydroxyl groups excluding tert-OH is 1. The van der Waals surface area contributed by atoms with Crippen LogP contribution >= 0.6 is 0 Å². The summed E-state index contributed by atoms with van der Waals surface area (Å²) in [5, 5.41) is 15.0. The number of nitrogens with zero attached hydrogens (tertiary/aromatic N) is 1. The maximum absolute atomic E-state index is 9.27. The van der Waals surface area contributed by atoms with Gasteiger partial charge in [-0.3, -0.25) is 0 Å². The lowest BCUT2D eigenvalue weighted by Gasteiger charge is -2.15. The molecule has 0 fully saturated rings. The third-order valence-electron chi connectivity index (χ3n) is 5.00. The average molecular weight is 358 g/mol. The van der Waals surface area contributed by atoms with Crippen LogP contribution in [0.25, 0.3) is 21.8 Å². The zero-order chi connectivity index (χ0) is 19.0.